The van der Waals surface area contributed by atoms with Crippen LogP contribution in [0.25, 0.3) is 0 Å². The largest absolute Gasteiger partial charge is 0.492 e. The molecule has 3 aromatic carbocycles. The van der Waals surface area contributed by atoms with Gasteiger partial charge in [0.2, 0.25) is 15.9 Å². The summed E-state index contributed by atoms with van der Waals surface area (Å²) >= 11 is 0. The van der Waals surface area contributed by atoms with Crippen molar-refractivity contribution >= 4 is 21.6 Å². The Morgan fingerprint density at radius 2 is 1.63 bits per heavy atom. The molecule has 0 aliphatic carbocycles. The SMILES string of the molecule is Cc1ccc(OCCNC(=O)CCCN(c2ccccc2Oc2ccccc2)S(C)(=O)=O)cc1C. The first-order valence-corrected chi connectivity index (χ1v) is 13.4. The van der Waals surface area contributed by atoms with E-state index in [9.17, 15) is 13.2 Å². The minimum absolute atomic E-state index is 0.153. The monoisotopic (exact) mass is 496 g/mol. The Kier molecular flexibility index (Phi) is 9.14. The summed E-state index contributed by atoms with van der Waals surface area (Å²) in [4.78, 5) is 12.3. The Labute approximate surface area is 207 Å². The number of nitrogens with one attached hydrogen (secondary N) is 1. The third-order valence-electron chi connectivity index (χ3n) is 5.44. The number of nitrogens with zero attached hydrogens (tertiary/aromatic N) is 1. The minimum Gasteiger partial charge on any atom is -0.492 e. The lowest BCUT2D eigenvalue weighted by molar-refractivity contribution is -0.121. The number of carbonyl (C=O) groups is 1. The topological polar surface area (TPSA) is 84.9 Å². The smallest absolute Gasteiger partial charge is 0.232 e. The molecule has 0 fully saturated rings. The maximum Gasteiger partial charge on any atom is 0.232 e. The number of anilines is 1. The molecule has 186 valence electrons. The Bertz CT molecular complexity index is 1230. The Morgan fingerprint density at radius 3 is 2.34 bits per heavy atom. The van der Waals surface area contributed by atoms with Gasteiger partial charge in [0.15, 0.2) is 5.75 Å². The van der Waals surface area contributed by atoms with Crippen LogP contribution < -0.4 is 19.1 Å². The third-order valence-corrected chi connectivity index (χ3v) is 6.62. The molecule has 7 nitrogen and oxygen atoms in total. The van der Waals surface area contributed by atoms with Crippen molar-refractivity contribution in [2.75, 3.05) is 30.3 Å². The van der Waals surface area contributed by atoms with E-state index in [2.05, 4.69) is 5.32 Å². The summed E-state index contributed by atoms with van der Waals surface area (Å²) in [6.45, 7) is 4.94. The minimum atomic E-state index is -3.59. The maximum absolute atomic E-state index is 12.6. The molecule has 0 aliphatic heterocycles. The van der Waals surface area contributed by atoms with Gasteiger partial charge < -0.3 is 14.8 Å². The van der Waals surface area contributed by atoms with Crippen LogP contribution >= 0.6 is 0 Å². The van der Waals surface area contributed by atoms with Gasteiger partial charge in [-0.15, -0.1) is 0 Å². The van der Waals surface area contributed by atoms with Gasteiger partial charge in [0.25, 0.3) is 0 Å². The second-order valence-electron chi connectivity index (χ2n) is 8.27. The molecule has 3 rings (SSSR count). The van der Waals surface area contributed by atoms with Gasteiger partial charge in [-0.25, -0.2) is 8.42 Å². The van der Waals surface area contributed by atoms with Crippen molar-refractivity contribution < 1.29 is 22.7 Å². The summed E-state index contributed by atoms with van der Waals surface area (Å²) < 4.78 is 38.0. The van der Waals surface area contributed by atoms with Crippen LogP contribution in [0.4, 0.5) is 5.69 Å². The van der Waals surface area contributed by atoms with E-state index in [0.717, 1.165) is 17.6 Å². The summed E-state index contributed by atoms with van der Waals surface area (Å²) in [6.07, 6.45) is 1.70. The Hall–Kier alpha value is -3.52. The fourth-order valence-electron chi connectivity index (χ4n) is 3.46. The highest BCUT2D eigenvalue weighted by Gasteiger charge is 2.21. The standard InChI is InChI=1S/C27H32N2O5S/c1-21-15-16-24(20-22(21)2)33-19-17-28-27(30)14-9-18-29(35(3,31)32)25-12-7-8-13-26(25)34-23-10-5-4-6-11-23/h4-8,10-13,15-16,20H,9,14,17-19H2,1-3H3,(H,28,30). The van der Waals surface area contributed by atoms with E-state index in [-0.39, 0.29) is 18.9 Å². The lowest BCUT2D eigenvalue weighted by Gasteiger charge is -2.24. The highest BCUT2D eigenvalue weighted by molar-refractivity contribution is 7.92. The van der Waals surface area contributed by atoms with Crippen molar-refractivity contribution in [3.8, 4) is 17.2 Å². The number of sulfonamides is 1. The van der Waals surface area contributed by atoms with Crippen LogP contribution in [0.5, 0.6) is 17.2 Å². The van der Waals surface area contributed by atoms with E-state index >= 15 is 0 Å². The second kappa shape index (κ2) is 12.3. The fraction of sp³-hybridized carbons (Fsp3) is 0.296. The first-order valence-electron chi connectivity index (χ1n) is 11.5. The average Bonchev–Trinajstić information content (AvgIpc) is 2.82. The van der Waals surface area contributed by atoms with E-state index in [4.69, 9.17) is 9.47 Å². The van der Waals surface area contributed by atoms with Crippen LogP contribution in [0.3, 0.4) is 0 Å². The van der Waals surface area contributed by atoms with Crippen LogP contribution in [0.1, 0.15) is 24.0 Å². The maximum atomic E-state index is 12.6. The molecule has 0 spiro atoms. The quantitative estimate of drug-likeness (QED) is 0.363. The Balaban J connectivity index is 1.52. The molecule has 0 heterocycles. The predicted octanol–water partition coefficient (Wildman–Crippen LogP) is 4.84. The van der Waals surface area contributed by atoms with Crippen LogP contribution in [-0.4, -0.2) is 40.3 Å². The lowest BCUT2D eigenvalue weighted by atomic mass is 10.1. The van der Waals surface area contributed by atoms with E-state index in [1.165, 1.54) is 9.87 Å². The number of rotatable bonds is 12. The lowest BCUT2D eigenvalue weighted by Crippen LogP contribution is -2.33. The fourth-order valence-corrected chi connectivity index (χ4v) is 4.43. The molecule has 0 saturated carbocycles. The molecule has 0 radical (unpaired) electrons. The molecule has 1 N–H and O–H groups in total. The number of carbonyl (C=O) groups excluding carboxylic acids is 1. The van der Waals surface area contributed by atoms with Crippen molar-refractivity contribution in [2.24, 2.45) is 0 Å². The van der Waals surface area contributed by atoms with Gasteiger partial charge in [0.1, 0.15) is 18.1 Å². The van der Waals surface area contributed by atoms with Gasteiger partial charge in [-0.05, 0) is 67.8 Å². The molecule has 0 aromatic heterocycles. The normalized spacial score (nSPS) is 11.1. The highest BCUT2D eigenvalue weighted by atomic mass is 32.2. The number of para-hydroxylation sites is 3. The van der Waals surface area contributed by atoms with E-state index in [1.54, 1.807) is 36.4 Å². The van der Waals surface area contributed by atoms with Gasteiger partial charge in [-0.1, -0.05) is 36.4 Å². The number of aryl methyl sites for hydroxylation is 2. The van der Waals surface area contributed by atoms with E-state index in [0.29, 0.717) is 36.8 Å². The molecule has 3 aromatic rings. The zero-order valence-electron chi connectivity index (χ0n) is 20.4. The summed E-state index contributed by atoms with van der Waals surface area (Å²) in [5, 5.41) is 2.82. The van der Waals surface area contributed by atoms with Crippen molar-refractivity contribution in [3.05, 3.63) is 83.9 Å². The van der Waals surface area contributed by atoms with Crippen molar-refractivity contribution in [2.45, 2.75) is 26.7 Å². The molecule has 8 heteroatoms. The number of hydrogen-bond donors (Lipinski definition) is 1. The van der Waals surface area contributed by atoms with E-state index in [1.807, 2.05) is 50.2 Å². The first kappa shape index (κ1) is 26.1. The summed E-state index contributed by atoms with van der Waals surface area (Å²) in [7, 11) is -3.59. The molecule has 35 heavy (non-hydrogen) atoms. The molecule has 1 amide bonds. The molecular weight excluding hydrogens is 464 g/mol. The Morgan fingerprint density at radius 1 is 0.914 bits per heavy atom. The molecule has 0 aliphatic rings. The molecular formula is C27H32N2O5S. The van der Waals surface area contributed by atoms with Gasteiger partial charge >= 0.3 is 0 Å². The zero-order valence-corrected chi connectivity index (χ0v) is 21.2. The second-order valence-corrected chi connectivity index (χ2v) is 10.2. The number of amides is 1. The third kappa shape index (κ3) is 8.03. The molecule has 0 unspecified atom stereocenters. The number of hydrogen-bond acceptors (Lipinski definition) is 5. The summed E-state index contributed by atoms with van der Waals surface area (Å²) in [6, 6.07) is 22.0. The van der Waals surface area contributed by atoms with Gasteiger partial charge in [-0.3, -0.25) is 9.10 Å². The molecule has 0 bridgehead atoms. The predicted molar refractivity (Wildman–Crippen MR) is 139 cm³/mol. The van der Waals surface area contributed by atoms with Crippen molar-refractivity contribution in [1.82, 2.24) is 5.32 Å². The first-order chi connectivity index (χ1) is 16.7. The van der Waals surface area contributed by atoms with E-state index < -0.39 is 10.0 Å². The van der Waals surface area contributed by atoms with Crippen LogP contribution in [0.2, 0.25) is 0 Å². The van der Waals surface area contributed by atoms with Crippen LogP contribution in [0, 0.1) is 13.8 Å². The van der Waals surface area contributed by atoms with Gasteiger partial charge in [0, 0.05) is 13.0 Å². The summed E-state index contributed by atoms with van der Waals surface area (Å²) in [5.41, 5.74) is 2.78. The van der Waals surface area contributed by atoms with Crippen molar-refractivity contribution in [3.63, 3.8) is 0 Å². The van der Waals surface area contributed by atoms with Crippen molar-refractivity contribution in [1.29, 1.82) is 0 Å². The average molecular weight is 497 g/mol. The van der Waals surface area contributed by atoms with Crippen LogP contribution in [-0.2, 0) is 14.8 Å². The van der Waals surface area contributed by atoms with Gasteiger partial charge in [0.05, 0.1) is 18.5 Å². The zero-order chi connectivity index (χ0) is 25.3. The van der Waals surface area contributed by atoms with Crippen LogP contribution in [0.15, 0.2) is 72.8 Å². The number of ether oxygens (including phenoxy) is 2. The number of benzene rings is 3. The summed E-state index contributed by atoms with van der Waals surface area (Å²) in [5.74, 6) is 1.64. The van der Waals surface area contributed by atoms with Gasteiger partial charge in [-0.2, -0.15) is 0 Å². The molecule has 0 atom stereocenters. The molecule has 0 saturated heterocycles. The highest BCUT2D eigenvalue weighted by Crippen LogP contribution is 2.33.